The third-order valence-electron chi connectivity index (χ3n) is 8.30. The second-order valence-corrected chi connectivity index (χ2v) is 11.6. The SMILES string of the molecule is CNC(=O)c1ccc(-c2nc(Cl)ccc2OC(C)c2cc(C)cc3c(=O)n(C)c4c(cnn4C4CCN(C)CC4)c23)cn1. The molecule has 0 bridgehead atoms. The molecule has 11 heteroatoms. The highest BCUT2D eigenvalue weighted by atomic mass is 35.5. The first-order chi connectivity index (χ1) is 20.7. The number of ether oxygens (including phenoxy) is 1. The zero-order valence-electron chi connectivity index (χ0n) is 24.9. The van der Waals surface area contributed by atoms with Crippen LogP contribution in [0.25, 0.3) is 33.1 Å². The largest absolute Gasteiger partial charge is 0.484 e. The summed E-state index contributed by atoms with van der Waals surface area (Å²) in [7, 11) is 5.52. The molecule has 0 aliphatic carbocycles. The third-order valence-corrected chi connectivity index (χ3v) is 8.51. The van der Waals surface area contributed by atoms with Crippen LogP contribution in [0.1, 0.15) is 53.5 Å². The molecule has 222 valence electrons. The topological polar surface area (TPSA) is 107 Å². The van der Waals surface area contributed by atoms with E-state index in [1.54, 1.807) is 42.1 Å². The van der Waals surface area contributed by atoms with Crippen molar-refractivity contribution in [1.82, 2.24) is 34.5 Å². The maximum atomic E-state index is 13.8. The van der Waals surface area contributed by atoms with E-state index in [9.17, 15) is 9.59 Å². The lowest BCUT2D eigenvalue weighted by molar-refractivity contribution is 0.0958. The van der Waals surface area contributed by atoms with Crippen LogP contribution >= 0.6 is 11.6 Å². The predicted molar refractivity (Wildman–Crippen MR) is 168 cm³/mol. The van der Waals surface area contributed by atoms with Crippen molar-refractivity contribution >= 4 is 39.3 Å². The van der Waals surface area contributed by atoms with Gasteiger partial charge in [-0.2, -0.15) is 5.10 Å². The number of nitrogens with one attached hydrogen (secondary N) is 1. The molecule has 5 aromatic rings. The maximum Gasteiger partial charge on any atom is 0.269 e. The molecule has 0 saturated carbocycles. The number of fused-ring (bicyclic) bond motifs is 3. The van der Waals surface area contributed by atoms with E-state index >= 15 is 0 Å². The van der Waals surface area contributed by atoms with E-state index < -0.39 is 6.10 Å². The number of hydrogen-bond donors (Lipinski definition) is 1. The number of nitrogens with zero attached hydrogens (tertiary/aromatic N) is 6. The Bertz CT molecular complexity index is 1910. The minimum Gasteiger partial charge on any atom is -0.484 e. The van der Waals surface area contributed by atoms with Crippen LogP contribution in [0.5, 0.6) is 5.75 Å². The van der Waals surface area contributed by atoms with E-state index in [1.165, 1.54) is 0 Å². The minimum absolute atomic E-state index is 0.0644. The number of piperidine rings is 1. The number of halogens is 1. The van der Waals surface area contributed by atoms with Gasteiger partial charge >= 0.3 is 0 Å². The second kappa shape index (κ2) is 11.4. The van der Waals surface area contributed by atoms with E-state index in [0.717, 1.165) is 53.5 Å². The lowest BCUT2D eigenvalue weighted by Crippen LogP contribution is -2.32. The molecule has 1 N–H and O–H groups in total. The maximum absolute atomic E-state index is 13.8. The predicted octanol–water partition coefficient (Wildman–Crippen LogP) is 5.07. The molecule has 1 unspecified atom stereocenters. The van der Waals surface area contributed by atoms with Crippen molar-refractivity contribution in [3.8, 4) is 17.0 Å². The number of rotatable bonds is 6. The summed E-state index contributed by atoms with van der Waals surface area (Å²) in [5, 5.41) is 10.1. The molecule has 0 spiro atoms. The van der Waals surface area contributed by atoms with Gasteiger partial charge in [-0.1, -0.05) is 17.7 Å². The van der Waals surface area contributed by atoms with Crippen molar-refractivity contribution in [2.75, 3.05) is 27.2 Å². The molecule has 1 saturated heterocycles. The van der Waals surface area contributed by atoms with Crippen LogP contribution in [0.2, 0.25) is 5.15 Å². The molecule has 1 amide bonds. The molecule has 0 radical (unpaired) electrons. The van der Waals surface area contributed by atoms with Gasteiger partial charge in [0.25, 0.3) is 11.5 Å². The Morgan fingerprint density at radius 1 is 1.09 bits per heavy atom. The van der Waals surface area contributed by atoms with Gasteiger partial charge in [0.15, 0.2) is 0 Å². The number of likely N-dealkylation sites (tertiary alicyclic amines) is 1. The Kier molecular flexibility index (Phi) is 7.66. The number of pyridine rings is 3. The number of amides is 1. The van der Waals surface area contributed by atoms with Crippen LogP contribution in [-0.2, 0) is 7.05 Å². The van der Waals surface area contributed by atoms with Gasteiger partial charge in [-0.25, -0.2) is 9.67 Å². The van der Waals surface area contributed by atoms with E-state index in [4.69, 9.17) is 21.4 Å². The van der Waals surface area contributed by atoms with Gasteiger partial charge in [0.1, 0.15) is 34.0 Å². The molecule has 1 fully saturated rings. The van der Waals surface area contributed by atoms with Crippen molar-refractivity contribution < 1.29 is 9.53 Å². The average molecular weight is 600 g/mol. The van der Waals surface area contributed by atoms with E-state index in [0.29, 0.717) is 33.2 Å². The van der Waals surface area contributed by atoms with E-state index in [1.807, 2.05) is 37.8 Å². The van der Waals surface area contributed by atoms with Gasteiger partial charge in [-0.05, 0) is 82.7 Å². The quantitative estimate of drug-likeness (QED) is 0.271. The highest BCUT2D eigenvalue weighted by Gasteiger charge is 2.25. The van der Waals surface area contributed by atoms with Crippen molar-refractivity contribution in [2.45, 2.75) is 38.8 Å². The summed E-state index contributed by atoms with van der Waals surface area (Å²) >= 11 is 6.30. The Labute approximate surface area is 254 Å². The summed E-state index contributed by atoms with van der Waals surface area (Å²) in [5.41, 5.74) is 4.05. The number of aromatic nitrogens is 5. The van der Waals surface area contributed by atoms with E-state index in [-0.39, 0.29) is 17.5 Å². The van der Waals surface area contributed by atoms with Crippen LogP contribution in [-0.4, -0.2) is 62.3 Å². The monoisotopic (exact) mass is 599 g/mol. The molecular formula is C32H34ClN7O3. The summed E-state index contributed by atoms with van der Waals surface area (Å²) in [6.45, 7) is 5.93. The first-order valence-corrected chi connectivity index (χ1v) is 14.7. The van der Waals surface area contributed by atoms with Gasteiger partial charge < -0.3 is 15.0 Å². The van der Waals surface area contributed by atoms with Crippen LogP contribution in [0, 0.1) is 6.92 Å². The summed E-state index contributed by atoms with van der Waals surface area (Å²) in [4.78, 5) is 36.9. The summed E-state index contributed by atoms with van der Waals surface area (Å²) < 4.78 is 10.4. The molecule has 1 atom stereocenters. The number of aryl methyl sites for hydroxylation is 2. The van der Waals surface area contributed by atoms with Crippen LogP contribution < -0.4 is 15.6 Å². The fourth-order valence-corrected chi connectivity index (χ4v) is 6.18. The van der Waals surface area contributed by atoms with Crippen molar-refractivity contribution in [3.05, 3.63) is 81.1 Å². The summed E-state index contributed by atoms with van der Waals surface area (Å²) in [6, 6.07) is 11.1. The average Bonchev–Trinajstić information content (AvgIpc) is 3.45. The van der Waals surface area contributed by atoms with Crippen molar-refractivity contribution in [3.63, 3.8) is 0 Å². The van der Waals surface area contributed by atoms with Gasteiger partial charge in [0.2, 0.25) is 0 Å². The van der Waals surface area contributed by atoms with Crippen LogP contribution in [0.4, 0.5) is 0 Å². The van der Waals surface area contributed by atoms with Gasteiger partial charge in [0.05, 0.1) is 12.2 Å². The third kappa shape index (κ3) is 5.25. The fourth-order valence-electron chi connectivity index (χ4n) is 6.03. The van der Waals surface area contributed by atoms with Crippen LogP contribution in [0.15, 0.2) is 53.6 Å². The van der Waals surface area contributed by atoms with Gasteiger partial charge in [-0.15, -0.1) is 0 Å². The number of hydrogen-bond acceptors (Lipinski definition) is 7. The molecule has 4 aromatic heterocycles. The van der Waals surface area contributed by atoms with Crippen molar-refractivity contribution in [2.24, 2.45) is 7.05 Å². The Morgan fingerprint density at radius 3 is 2.56 bits per heavy atom. The standard InChI is InChI=1S/C32H34ClN7O3/c1-18-14-22(19(2)43-26-8-9-27(33)37-29(26)20-6-7-25(35-16-20)30(41)34-3)28-23(15-18)32(42)39(5)31-24(28)17-36-40(31)21-10-12-38(4)13-11-21/h6-9,14-17,19,21H,10-13H2,1-5H3,(H,34,41). The molecular weight excluding hydrogens is 566 g/mol. The second-order valence-electron chi connectivity index (χ2n) is 11.3. The lowest BCUT2D eigenvalue weighted by Gasteiger charge is -2.29. The molecule has 10 nitrogen and oxygen atoms in total. The summed E-state index contributed by atoms with van der Waals surface area (Å²) in [5.74, 6) is 0.224. The molecule has 1 aliphatic heterocycles. The fraction of sp³-hybridized carbons (Fsp3) is 0.344. The molecule has 6 rings (SSSR count). The Morgan fingerprint density at radius 2 is 1.86 bits per heavy atom. The number of carbonyl (C=O) groups is 1. The molecule has 43 heavy (non-hydrogen) atoms. The minimum atomic E-state index is -0.454. The first-order valence-electron chi connectivity index (χ1n) is 14.4. The lowest BCUT2D eigenvalue weighted by atomic mass is 9.97. The number of benzene rings is 1. The molecule has 5 heterocycles. The van der Waals surface area contributed by atoms with Crippen LogP contribution in [0.3, 0.4) is 0 Å². The van der Waals surface area contributed by atoms with Crippen molar-refractivity contribution in [1.29, 1.82) is 0 Å². The Hall–Kier alpha value is -4.28. The molecule has 1 aromatic carbocycles. The normalized spacial score (nSPS) is 15.2. The highest BCUT2D eigenvalue weighted by Crippen LogP contribution is 2.37. The smallest absolute Gasteiger partial charge is 0.269 e. The highest BCUT2D eigenvalue weighted by molar-refractivity contribution is 6.29. The summed E-state index contributed by atoms with van der Waals surface area (Å²) in [6.07, 6.45) is 4.96. The van der Waals surface area contributed by atoms with Gasteiger partial charge in [0, 0.05) is 47.6 Å². The first kappa shape index (κ1) is 28.8. The number of carbonyl (C=O) groups excluding carboxylic acids is 1. The van der Waals surface area contributed by atoms with Gasteiger partial charge in [-0.3, -0.25) is 19.1 Å². The zero-order chi connectivity index (χ0) is 30.4. The zero-order valence-corrected chi connectivity index (χ0v) is 25.6. The van der Waals surface area contributed by atoms with E-state index in [2.05, 4.69) is 33.3 Å². The Balaban J connectivity index is 1.45. The molecule has 1 aliphatic rings.